The van der Waals surface area contributed by atoms with Crippen LogP contribution in [-0.4, -0.2) is 55.7 Å². The summed E-state index contributed by atoms with van der Waals surface area (Å²) in [5.41, 5.74) is 1.18. The average Bonchev–Trinajstić information content (AvgIpc) is 2.94. The molecule has 2 saturated heterocycles. The molecule has 3 rings (SSSR count). The van der Waals surface area contributed by atoms with E-state index >= 15 is 0 Å². The summed E-state index contributed by atoms with van der Waals surface area (Å²) in [7, 11) is 0. The minimum absolute atomic E-state index is 0.0523. The molecule has 2 aliphatic rings. The maximum absolute atomic E-state index is 12.2. The van der Waals surface area contributed by atoms with Gasteiger partial charge in [0.15, 0.2) is 0 Å². The lowest BCUT2D eigenvalue weighted by molar-refractivity contribution is -0.133. The van der Waals surface area contributed by atoms with E-state index in [4.69, 9.17) is 4.74 Å². The van der Waals surface area contributed by atoms with Gasteiger partial charge in [-0.3, -0.25) is 4.79 Å². The van der Waals surface area contributed by atoms with Gasteiger partial charge in [-0.2, -0.15) is 0 Å². The topological polar surface area (TPSA) is 61.9 Å². The molecular formula is C14H17N3O3. The first kappa shape index (κ1) is 12.8. The zero-order valence-corrected chi connectivity index (χ0v) is 11.1. The van der Waals surface area contributed by atoms with E-state index in [1.807, 2.05) is 18.2 Å². The molecule has 2 aliphatic heterocycles. The Labute approximate surface area is 117 Å². The maximum atomic E-state index is 12.2. The number of rotatable bonds is 2. The third kappa shape index (κ3) is 2.54. The van der Waals surface area contributed by atoms with Crippen molar-refractivity contribution in [3.8, 4) is 0 Å². The lowest BCUT2D eigenvalue weighted by Crippen LogP contribution is -2.53. The fraction of sp³-hybridized carbons (Fsp3) is 0.429. The van der Waals surface area contributed by atoms with Crippen molar-refractivity contribution in [2.45, 2.75) is 6.04 Å². The molecule has 2 fully saturated rings. The Morgan fingerprint density at radius 3 is 2.45 bits per heavy atom. The Hall–Kier alpha value is -2.24. The Bertz CT molecular complexity index is 498. The van der Waals surface area contributed by atoms with E-state index in [1.54, 1.807) is 4.90 Å². The number of hydrogen-bond donors (Lipinski definition) is 1. The van der Waals surface area contributed by atoms with Crippen molar-refractivity contribution in [1.29, 1.82) is 0 Å². The van der Waals surface area contributed by atoms with Crippen molar-refractivity contribution in [2.24, 2.45) is 0 Å². The molecule has 1 aromatic rings. The van der Waals surface area contributed by atoms with Crippen molar-refractivity contribution in [2.75, 3.05) is 37.7 Å². The summed E-state index contributed by atoms with van der Waals surface area (Å²) in [5.74, 6) is -0.0523. The van der Waals surface area contributed by atoms with Crippen LogP contribution in [0.15, 0.2) is 30.3 Å². The SMILES string of the molecule is O=C1NC(C(=O)N2CCN(c3ccccc3)CC2)CO1. The van der Waals surface area contributed by atoms with Gasteiger partial charge >= 0.3 is 6.09 Å². The third-order valence-corrected chi connectivity index (χ3v) is 3.68. The summed E-state index contributed by atoms with van der Waals surface area (Å²) in [4.78, 5) is 27.2. The monoisotopic (exact) mass is 275 g/mol. The van der Waals surface area contributed by atoms with Crippen molar-refractivity contribution < 1.29 is 14.3 Å². The molecule has 1 unspecified atom stereocenters. The number of carbonyl (C=O) groups is 2. The number of hydrogen-bond acceptors (Lipinski definition) is 4. The molecular weight excluding hydrogens is 258 g/mol. The van der Waals surface area contributed by atoms with Crippen molar-refractivity contribution in [3.63, 3.8) is 0 Å². The summed E-state index contributed by atoms with van der Waals surface area (Å²) < 4.78 is 4.76. The Kier molecular flexibility index (Phi) is 3.45. The Morgan fingerprint density at radius 1 is 1.15 bits per heavy atom. The maximum Gasteiger partial charge on any atom is 0.407 e. The van der Waals surface area contributed by atoms with Gasteiger partial charge in [-0.1, -0.05) is 18.2 Å². The first-order valence-electron chi connectivity index (χ1n) is 6.76. The van der Waals surface area contributed by atoms with Crippen molar-refractivity contribution in [1.82, 2.24) is 10.2 Å². The number of para-hydroxylation sites is 1. The summed E-state index contributed by atoms with van der Waals surface area (Å²) in [6.45, 7) is 3.07. The van der Waals surface area contributed by atoms with Gasteiger partial charge < -0.3 is 19.9 Å². The molecule has 1 N–H and O–H groups in total. The number of benzene rings is 1. The van der Waals surface area contributed by atoms with E-state index in [0.29, 0.717) is 13.1 Å². The number of anilines is 1. The van der Waals surface area contributed by atoms with Crippen LogP contribution in [0.2, 0.25) is 0 Å². The van der Waals surface area contributed by atoms with Crippen molar-refractivity contribution in [3.05, 3.63) is 30.3 Å². The molecule has 0 aromatic heterocycles. The van der Waals surface area contributed by atoms with Crippen LogP contribution >= 0.6 is 0 Å². The molecule has 1 atom stereocenters. The second-order valence-corrected chi connectivity index (χ2v) is 4.94. The lowest BCUT2D eigenvalue weighted by atomic mass is 10.2. The van der Waals surface area contributed by atoms with Gasteiger partial charge in [-0.25, -0.2) is 4.79 Å². The van der Waals surface area contributed by atoms with Crippen LogP contribution in [0.1, 0.15) is 0 Å². The van der Waals surface area contributed by atoms with Gasteiger partial charge in [0.2, 0.25) is 5.91 Å². The predicted molar refractivity (Wildman–Crippen MR) is 73.5 cm³/mol. The molecule has 1 aromatic carbocycles. The second-order valence-electron chi connectivity index (χ2n) is 4.94. The minimum atomic E-state index is -0.522. The highest BCUT2D eigenvalue weighted by atomic mass is 16.6. The molecule has 0 bridgehead atoms. The van der Waals surface area contributed by atoms with Crippen LogP contribution in [0.4, 0.5) is 10.5 Å². The number of piperazine rings is 1. The molecule has 0 saturated carbocycles. The first-order valence-corrected chi connectivity index (χ1v) is 6.76. The number of alkyl carbamates (subject to hydrolysis) is 1. The number of nitrogens with one attached hydrogen (secondary N) is 1. The molecule has 2 amide bonds. The van der Waals surface area contributed by atoms with Gasteiger partial charge in [0.1, 0.15) is 12.6 Å². The van der Waals surface area contributed by atoms with E-state index in [-0.39, 0.29) is 12.5 Å². The summed E-state index contributed by atoms with van der Waals surface area (Å²) in [6, 6.07) is 9.64. The summed E-state index contributed by atoms with van der Waals surface area (Å²) >= 11 is 0. The smallest absolute Gasteiger partial charge is 0.407 e. The zero-order chi connectivity index (χ0) is 13.9. The first-order chi connectivity index (χ1) is 9.74. The summed E-state index contributed by atoms with van der Waals surface area (Å²) in [6.07, 6.45) is -0.508. The molecule has 2 heterocycles. The minimum Gasteiger partial charge on any atom is -0.447 e. The Balaban J connectivity index is 1.56. The van der Waals surface area contributed by atoms with Crippen LogP contribution < -0.4 is 10.2 Å². The Morgan fingerprint density at radius 2 is 1.85 bits per heavy atom. The van der Waals surface area contributed by atoms with Gasteiger partial charge in [0.05, 0.1) is 0 Å². The standard InChI is InChI=1S/C14H17N3O3/c18-13(12-10-20-14(19)15-12)17-8-6-16(7-9-17)11-4-2-1-3-5-11/h1-5,12H,6-10H2,(H,15,19). The molecule has 0 spiro atoms. The quantitative estimate of drug-likeness (QED) is 0.851. The highest BCUT2D eigenvalue weighted by Gasteiger charge is 2.33. The number of nitrogens with zero attached hydrogens (tertiary/aromatic N) is 2. The zero-order valence-electron chi connectivity index (χ0n) is 11.1. The van der Waals surface area contributed by atoms with E-state index < -0.39 is 12.1 Å². The number of cyclic esters (lactones) is 1. The molecule has 20 heavy (non-hydrogen) atoms. The summed E-state index contributed by atoms with van der Waals surface area (Å²) in [5, 5.41) is 2.53. The lowest BCUT2D eigenvalue weighted by Gasteiger charge is -2.36. The van der Waals surface area contributed by atoms with Gasteiger partial charge in [0, 0.05) is 31.9 Å². The van der Waals surface area contributed by atoms with Crippen LogP contribution in [0.5, 0.6) is 0 Å². The normalized spacial score (nSPS) is 22.4. The highest BCUT2D eigenvalue weighted by Crippen LogP contribution is 2.16. The number of amides is 2. The second kappa shape index (κ2) is 5.40. The van der Waals surface area contributed by atoms with E-state index in [2.05, 4.69) is 22.3 Å². The predicted octanol–water partition coefficient (Wildman–Crippen LogP) is 0.444. The highest BCUT2D eigenvalue weighted by molar-refractivity contribution is 5.88. The van der Waals surface area contributed by atoms with Crippen LogP contribution in [0.25, 0.3) is 0 Å². The third-order valence-electron chi connectivity index (χ3n) is 3.68. The van der Waals surface area contributed by atoms with Gasteiger partial charge in [-0.05, 0) is 12.1 Å². The van der Waals surface area contributed by atoms with Crippen LogP contribution in [0, 0.1) is 0 Å². The fourth-order valence-corrected chi connectivity index (χ4v) is 2.56. The van der Waals surface area contributed by atoms with Gasteiger partial charge in [0.25, 0.3) is 0 Å². The molecule has 0 aliphatic carbocycles. The number of ether oxygens (including phenoxy) is 1. The van der Waals surface area contributed by atoms with Crippen LogP contribution in [0.3, 0.4) is 0 Å². The molecule has 6 nitrogen and oxygen atoms in total. The molecule has 6 heteroatoms. The van der Waals surface area contributed by atoms with Crippen molar-refractivity contribution >= 4 is 17.7 Å². The van der Waals surface area contributed by atoms with Crippen LogP contribution in [-0.2, 0) is 9.53 Å². The fourth-order valence-electron chi connectivity index (χ4n) is 2.56. The van der Waals surface area contributed by atoms with E-state index in [1.165, 1.54) is 5.69 Å². The van der Waals surface area contributed by atoms with E-state index in [0.717, 1.165) is 13.1 Å². The number of carbonyl (C=O) groups excluding carboxylic acids is 2. The largest absolute Gasteiger partial charge is 0.447 e. The average molecular weight is 275 g/mol. The van der Waals surface area contributed by atoms with E-state index in [9.17, 15) is 9.59 Å². The molecule has 106 valence electrons. The molecule has 0 radical (unpaired) electrons. The van der Waals surface area contributed by atoms with Gasteiger partial charge in [-0.15, -0.1) is 0 Å².